The lowest BCUT2D eigenvalue weighted by Gasteiger charge is -2.32. The van der Waals surface area contributed by atoms with Crippen LogP contribution in [0.4, 0.5) is 21.0 Å². The summed E-state index contributed by atoms with van der Waals surface area (Å²) in [5.74, 6) is 2.42. The van der Waals surface area contributed by atoms with E-state index in [2.05, 4.69) is 191 Å². The number of cyclic esters (lactones) is 2. The van der Waals surface area contributed by atoms with Crippen molar-refractivity contribution in [2.45, 2.75) is 220 Å². The summed E-state index contributed by atoms with van der Waals surface area (Å²) in [5.41, 5.74) is 19.6. The van der Waals surface area contributed by atoms with Gasteiger partial charge < -0.3 is 52.3 Å². The average Bonchev–Trinajstić information content (AvgIpc) is 1.61. The maximum Gasteiger partial charge on any atom is 0.496 e. The van der Waals surface area contributed by atoms with Gasteiger partial charge in [0.05, 0.1) is 134 Å². The largest absolute Gasteiger partial charge is 0.496 e. The Hall–Kier alpha value is -9.65. The van der Waals surface area contributed by atoms with Gasteiger partial charge in [0.2, 0.25) is 0 Å². The lowest BCUT2D eigenvalue weighted by atomic mass is 9.49. The Morgan fingerprint density at radius 1 is 0.481 bits per heavy atom. The van der Waals surface area contributed by atoms with Crippen molar-refractivity contribution in [2.24, 2.45) is 26.3 Å². The van der Waals surface area contributed by atoms with E-state index in [1.807, 2.05) is 225 Å². The van der Waals surface area contributed by atoms with Gasteiger partial charge in [0.25, 0.3) is 0 Å². The highest BCUT2D eigenvalue weighted by Gasteiger charge is 2.64. The van der Waals surface area contributed by atoms with Crippen molar-refractivity contribution in [3.05, 3.63) is 198 Å². The fourth-order valence-electron chi connectivity index (χ4n) is 14.1. The summed E-state index contributed by atoms with van der Waals surface area (Å²) in [5, 5.41) is 54.1. The second kappa shape index (κ2) is 45.8. The molecule has 0 radical (unpaired) electrons. The van der Waals surface area contributed by atoms with Crippen molar-refractivity contribution < 1.29 is 61.9 Å². The number of anilines is 2. The first-order valence-electron chi connectivity index (χ1n) is 43.6. The number of hydrogen-bond donors (Lipinski definition) is 2. The molecule has 17 heterocycles. The zero-order valence-electron chi connectivity index (χ0n) is 79.4. The minimum absolute atomic E-state index is 0. The number of aliphatic hydroxyl groups is 2. The van der Waals surface area contributed by atoms with Gasteiger partial charge in [-0.15, -0.1) is 26.8 Å². The van der Waals surface area contributed by atoms with Gasteiger partial charge >= 0.3 is 33.3 Å². The van der Waals surface area contributed by atoms with E-state index in [0.717, 1.165) is 128 Å². The lowest BCUT2D eigenvalue weighted by molar-refractivity contribution is 0.00578. The zero-order valence-corrected chi connectivity index (χ0v) is 87.7. The third-order valence-electron chi connectivity index (χ3n) is 23.2. The fraction of sp³-hybridized carbons (Fsp3) is 0.462. The van der Waals surface area contributed by atoms with Crippen molar-refractivity contribution >= 4 is 130 Å². The van der Waals surface area contributed by atoms with Gasteiger partial charge in [0.1, 0.15) is 40.7 Å². The summed E-state index contributed by atoms with van der Waals surface area (Å²) in [6, 6.07) is 30.8. The SMILES string of the molecule is C.C#Cc1ccc(Br)cn1.C1CCOC1.CC1(C)OB(B2OC(C)(C)C(C)(C)O2)OC1(C)C.C[Si](C)(C)CN=[N+]=[N-].C[Si](C)(C)Cn1cc(-c2ccc(Br)cn2)nn1.Cn1cc(-c2ccc(-c3ccc4c(c3)C[C@H]3[C@H](CO)OC(=O)N43)cn2)nn1.Cn1cc(-c2ccc(B3OC(C)(C)C(C)(C)O3)cn2)nn1.Cn1cc(-c2ccc(Br)cn2)nn1.O=C1O[C@@H](CO)[C@@H]2Cc3cc(Br)ccc3N12. The average molecular weight is 2140 g/mol. The van der Waals surface area contributed by atoms with Crippen LogP contribution in [-0.4, -0.2) is 235 Å². The van der Waals surface area contributed by atoms with Crippen molar-refractivity contribution in [3.8, 4) is 69.0 Å². The van der Waals surface area contributed by atoms with Crippen molar-refractivity contribution in [3.63, 3.8) is 0 Å². The third-order valence-corrected chi connectivity index (χ3v) is 27.5. The van der Waals surface area contributed by atoms with Crippen LogP contribution in [0.2, 0.25) is 39.3 Å². The van der Waals surface area contributed by atoms with E-state index in [1.165, 1.54) is 12.8 Å². The monoisotopic (exact) mass is 2130 g/mol. The normalized spacial score (nSPS) is 19.2. The summed E-state index contributed by atoms with van der Waals surface area (Å²) < 4.78 is 61.9. The van der Waals surface area contributed by atoms with Gasteiger partial charge in [0.15, 0.2) is 0 Å². The minimum atomic E-state index is -1.16. The number of hydrogen-bond acceptors (Lipinski definition) is 27. The molecule has 0 saturated carbocycles. The van der Waals surface area contributed by atoms with Crippen LogP contribution in [0.5, 0.6) is 0 Å². The molecule has 11 aromatic rings. The third kappa shape index (κ3) is 28.3. The van der Waals surface area contributed by atoms with Crippen molar-refractivity contribution in [1.29, 1.82) is 0 Å². The molecule has 0 aliphatic carbocycles. The number of ether oxygens (including phenoxy) is 3. The molecular weight excluding hydrogens is 2020 g/mol. The Morgan fingerprint density at radius 3 is 1.21 bits per heavy atom. The molecule has 8 aliphatic rings. The molecule has 716 valence electrons. The molecule has 2 aromatic carbocycles. The Labute approximate surface area is 826 Å². The molecule has 8 aliphatic heterocycles. The van der Waals surface area contributed by atoms with Gasteiger partial charge in [-0.25, -0.2) is 14.6 Å². The van der Waals surface area contributed by atoms with Crippen LogP contribution in [0.15, 0.2) is 176 Å². The van der Waals surface area contributed by atoms with Crippen LogP contribution in [0, 0.1) is 12.3 Å². The van der Waals surface area contributed by atoms with Crippen LogP contribution >= 0.6 is 63.7 Å². The van der Waals surface area contributed by atoms with Gasteiger partial charge in [-0.3, -0.25) is 48.5 Å². The number of nitrogens with zero attached hydrogens (tertiary/aromatic N) is 22. The molecule has 0 unspecified atom stereocenters. The number of aromatic nitrogens is 17. The van der Waals surface area contributed by atoms with Crippen LogP contribution in [0.1, 0.15) is 120 Å². The maximum absolute atomic E-state index is 12.1. The number of rotatable bonds is 13. The number of halogens is 4. The lowest BCUT2D eigenvalue weighted by Crippen LogP contribution is -2.41. The van der Waals surface area contributed by atoms with E-state index in [9.17, 15) is 14.7 Å². The number of pyridine rings is 5. The van der Waals surface area contributed by atoms with Crippen molar-refractivity contribution in [1.82, 2.24) is 84.9 Å². The van der Waals surface area contributed by atoms with Gasteiger partial charge in [0, 0.05) is 112 Å². The second-order valence-electron chi connectivity index (χ2n) is 38.0. The molecule has 0 spiro atoms. The number of aryl methyl sites for hydroxylation is 3. The van der Waals surface area contributed by atoms with Crippen LogP contribution < -0.4 is 15.3 Å². The second-order valence-corrected chi connectivity index (χ2v) is 52.6. The number of aliphatic hydroxyl groups excluding tert-OH is 2. The zero-order chi connectivity index (χ0) is 97.6. The van der Waals surface area contributed by atoms with Crippen LogP contribution in [0.3, 0.4) is 0 Å². The summed E-state index contributed by atoms with van der Waals surface area (Å²) in [6.45, 7) is 39.5. The van der Waals surface area contributed by atoms with Crippen LogP contribution in [-0.2, 0) is 82.3 Å². The molecule has 135 heavy (non-hydrogen) atoms. The molecular formula is C91H119B3Br4N22O13Si2. The van der Waals surface area contributed by atoms with E-state index >= 15 is 0 Å². The Morgan fingerprint density at radius 2 is 0.867 bits per heavy atom. The first-order chi connectivity index (χ1) is 63.1. The highest BCUT2D eigenvalue weighted by Crippen LogP contribution is 2.46. The van der Waals surface area contributed by atoms with Gasteiger partial charge in [-0.2, -0.15) is 0 Å². The molecule has 6 saturated heterocycles. The smallest absolute Gasteiger partial charge is 0.441 e. The number of benzene rings is 2. The predicted octanol–water partition coefficient (Wildman–Crippen LogP) is 17.0. The predicted molar refractivity (Wildman–Crippen MR) is 541 cm³/mol. The Bertz CT molecular complexity index is 5790. The molecule has 4 atom stereocenters. The van der Waals surface area contributed by atoms with E-state index in [0.29, 0.717) is 18.3 Å². The quantitative estimate of drug-likeness (QED) is 0.0356. The summed E-state index contributed by atoms with van der Waals surface area (Å²) in [4.78, 5) is 51.1. The number of terminal acetylenes is 1. The maximum atomic E-state index is 12.1. The first-order valence-corrected chi connectivity index (χ1v) is 54.2. The standard InChI is InChI=1S/C19H17N5O3.C14H19BN4O2.C12H24B2O4.C11H15BrN4Si.C11H10BrNO3.C8H7BrN4.C7H4BrN.C4H11N3Si.C4H8O.CH4/c1-23-9-15(21-22-23)14-4-2-12(8-20-14)11-3-5-16-13(6-11)7-17-18(10-25)27-19(26)24(16)17;1-13(2)14(3,4)21-15(20-13)10-6-7-11(16-8-10)12-9-19(5)18-17-12;1-9(2)10(3,4)16-13(15-9)14-17-11(5,6)12(7,8)18-14;1-17(2,3)8-16-7-11(14-15-16)10-5-4-9(12)6-13-10;12-7-1-2-8-6(3-7)4-9-10(5-14)16-11(15)13(8)9;1-13-5-8(11-12-13)7-3-2-6(9)4-10-7;1-2-7-4-3-6(8)5-9-7;1-8(2,3)4-6-7-5;1-2-4-5-3-1;/h2-6,8-9,17-18,25H,7,10H2,1H3;6-9H,1-5H3;1-8H3;4-7H,8H2,1-3H3;1-3,9-10,14H,4-5H2;2-5H,1H3;1,3-5H;4H2,1-3H3;1-4H2;1H4/t17-,18-;;;;9-,10-;;;;;/m0...0...../s1. The molecule has 2 N–H and O–H groups in total. The number of fused-ring (bicyclic) bond motifs is 6. The molecule has 9 aromatic heterocycles. The Kier molecular flexibility index (Phi) is 36.4. The molecule has 35 nitrogen and oxygen atoms in total. The highest BCUT2D eigenvalue weighted by atomic mass is 79.9. The number of carbonyl (C=O) groups is 2. The molecule has 19 rings (SSSR count). The van der Waals surface area contributed by atoms with E-state index < -0.39 is 49.5 Å². The molecule has 44 heteroatoms. The van der Waals surface area contributed by atoms with E-state index in [4.69, 9.17) is 59.2 Å². The molecule has 2 amide bonds. The topological polar surface area (TPSA) is 400 Å². The Balaban J connectivity index is 0.000000162. The fourth-order valence-corrected chi connectivity index (χ4v) is 16.8. The van der Waals surface area contributed by atoms with Crippen molar-refractivity contribution in [2.75, 3.05) is 42.4 Å². The summed E-state index contributed by atoms with van der Waals surface area (Å²) in [7, 11) is 1.87. The van der Waals surface area contributed by atoms with Gasteiger partial charge in [-0.1, -0.05) is 113 Å². The van der Waals surface area contributed by atoms with E-state index in [1.54, 1.807) is 54.7 Å². The minimum Gasteiger partial charge on any atom is -0.441 e. The van der Waals surface area contributed by atoms with E-state index in [-0.39, 0.29) is 78.5 Å². The summed E-state index contributed by atoms with van der Waals surface area (Å²) in [6.07, 6.45) is 25.3. The number of azide groups is 1. The number of carbonyl (C=O) groups excluding carboxylic acids is 2. The number of amides is 2. The molecule has 0 bridgehead atoms. The van der Waals surface area contributed by atoms with Gasteiger partial charge in [-0.05, 0) is 258 Å². The highest BCUT2D eigenvalue weighted by molar-refractivity contribution is 9.11. The van der Waals surface area contributed by atoms with Crippen LogP contribution in [0.25, 0.3) is 67.1 Å². The summed E-state index contributed by atoms with van der Waals surface area (Å²) >= 11 is 13.3. The first kappa shape index (κ1) is 107. The molecule has 6 fully saturated rings.